The van der Waals surface area contributed by atoms with Gasteiger partial charge in [0.1, 0.15) is 24.2 Å². The molecule has 0 fully saturated rings. The average molecular weight is 374 g/mol. The van der Waals surface area contributed by atoms with Crippen molar-refractivity contribution in [2.24, 2.45) is 0 Å². The fourth-order valence-electron chi connectivity index (χ4n) is 2.28. The van der Waals surface area contributed by atoms with Gasteiger partial charge in [0.05, 0.1) is 11.6 Å². The van der Waals surface area contributed by atoms with Crippen molar-refractivity contribution in [2.75, 3.05) is 25.1 Å². The molecule has 0 radical (unpaired) electrons. The van der Waals surface area contributed by atoms with Gasteiger partial charge in [-0.3, -0.25) is 0 Å². The number of oxazole rings is 1. The van der Waals surface area contributed by atoms with Gasteiger partial charge < -0.3 is 23.6 Å². The monoisotopic (exact) mass is 373 g/mol. The summed E-state index contributed by atoms with van der Waals surface area (Å²) in [5.74, 6) is 1.96. The average Bonchev–Trinajstić information content (AvgIpc) is 3.28. The van der Waals surface area contributed by atoms with Crippen LogP contribution in [0.15, 0.2) is 45.2 Å². The predicted molar refractivity (Wildman–Crippen MR) is 95.1 cm³/mol. The maximum absolute atomic E-state index is 9.21. The SMILES string of the molecule is CN(CCO)c1oc(-c2ccc(COc3ccccc3Cl)o2)nc1C#N. The Bertz CT molecular complexity index is 929. The van der Waals surface area contributed by atoms with Crippen molar-refractivity contribution in [3.05, 3.63) is 52.9 Å². The Labute approximate surface area is 155 Å². The lowest BCUT2D eigenvalue weighted by atomic mass is 10.3. The number of furan rings is 1. The number of aromatic nitrogens is 1. The lowest BCUT2D eigenvalue weighted by Gasteiger charge is -2.13. The van der Waals surface area contributed by atoms with Gasteiger partial charge in [-0.05, 0) is 24.3 Å². The van der Waals surface area contributed by atoms with E-state index >= 15 is 0 Å². The number of aliphatic hydroxyl groups excluding tert-OH is 1. The van der Waals surface area contributed by atoms with Crippen molar-refractivity contribution >= 4 is 17.5 Å². The van der Waals surface area contributed by atoms with E-state index in [1.165, 1.54) is 0 Å². The largest absolute Gasteiger partial charge is 0.484 e. The molecular weight excluding hydrogens is 358 g/mol. The number of para-hydroxylation sites is 1. The highest BCUT2D eigenvalue weighted by Gasteiger charge is 2.20. The van der Waals surface area contributed by atoms with Gasteiger partial charge in [0.25, 0.3) is 5.89 Å². The second-order valence-electron chi connectivity index (χ2n) is 5.41. The number of hydrogen-bond acceptors (Lipinski definition) is 7. The number of hydrogen-bond donors (Lipinski definition) is 1. The first kappa shape index (κ1) is 17.9. The minimum Gasteiger partial charge on any atom is -0.484 e. The Morgan fingerprint density at radius 1 is 1.27 bits per heavy atom. The summed E-state index contributed by atoms with van der Waals surface area (Å²) in [4.78, 5) is 5.75. The van der Waals surface area contributed by atoms with E-state index in [1.54, 1.807) is 36.2 Å². The van der Waals surface area contributed by atoms with E-state index in [9.17, 15) is 5.26 Å². The molecule has 0 aliphatic carbocycles. The molecule has 3 rings (SSSR count). The van der Waals surface area contributed by atoms with E-state index < -0.39 is 0 Å². The van der Waals surface area contributed by atoms with Crippen molar-refractivity contribution in [2.45, 2.75) is 6.61 Å². The van der Waals surface area contributed by atoms with Crippen LogP contribution in [0.5, 0.6) is 5.75 Å². The maximum atomic E-state index is 9.21. The number of rotatable bonds is 7. The first-order valence-corrected chi connectivity index (χ1v) is 8.19. The van der Waals surface area contributed by atoms with Crippen LogP contribution in [0.4, 0.5) is 5.88 Å². The highest BCUT2D eigenvalue weighted by Crippen LogP contribution is 2.29. The number of nitrogens with zero attached hydrogens (tertiary/aromatic N) is 3. The Morgan fingerprint density at radius 3 is 2.81 bits per heavy atom. The molecule has 0 saturated carbocycles. The molecule has 0 amide bonds. The van der Waals surface area contributed by atoms with Gasteiger partial charge in [-0.1, -0.05) is 23.7 Å². The second-order valence-corrected chi connectivity index (χ2v) is 5.82. The maximum Gasteiger partial charge on any atom is 0.266 e. The van der Waals surface area contributed by atoms with E-state index in [1.807, 2.05) is 18.2 Å². The Hall–Kier alpha value is -2.95. The number of nitriles is 1. The molecule has 0 bridgehead atoms. The van der Waals surface area contributed by atoms with Crippen molar-refractivity contribution in [3.63, 3.8) is 0 Å². The molecule has 0 unspecified atom stereocenters. The van der Waals surface area contributed by atoms with Gasteiger partial charge >= 0.3 is 0 Å². The zero-order chi connectivity index (χ0) is 18.5. The zero-order valence-electron chi connectivity index (χ0n) is 14.0. The Kier molecular flexibility index (Phi) is 5.46. The number of halogens is 1. The number of likely N-dealkylation sites (N-methyl/N-ethyl adjacent to an activating group) is 1. The van der Waals surface area contributed by atoms with Crippen molar-refractivity contribution in [1.82, 2.24) is 4.98 Å². The van der Waals surface area contributed by atoms with Crippen molar-refractivity contribution in [1.29, 1.82) is 5.26 Å². The third-order valence-electron chi connectivity index (χ3n) is 3.58. The van der Waals surface area contributed by atoms with Crippen LogP contribution < -0.4 is 9.64 Å². The molecule has 0 aliphatic rings. The molecule has 8 heteroatoms. The Balaban J connectivity index is 1.75. The number of anilines is 1. The van der Waals surface area contributed by atoms with Crippen LogP contribution in [0.3, 0.4) is 0 Å². The summed E-state index contributed by atoms with van der Waals surface area (Å²) in [6, 6.07) is 12.6. The van der Waals surface area contributed by atoms with Crippen LogP contribution in [0.2, 0.25) is 5.02 Å². The van der Waals surface area contributed by atoms with Crippen LogP contribution in [0, 0.1) is 11.3 Å². The van der Waals surface area contributed by atoms with E-state index in [0.717, 1.165) is 0 Å². The van der Waals surface area contributed by atoms with Gasteiger partial charge in [0.15, 0.2) is 5.76 Å². The van der Waals surface area contributed by atoms with Crippen LogP contribution in [-0.2, 0) is 6.61 Å². The molecule has 3 aromatic rings. The molecule has 0 aliphatic heterocycles. The molecule has 2 heterocycles. The van der Waals surface area contributed by atoms with E-state index in [-0.39, 0.29) is 30.7 Å². The molecule has 1 N–H and O–H groups in total. The lowest BCUT2D eigenvalue weighted by molar-refractivity contribution is 0.271. The van der Waals surface area contributed by atoms with Crippen LogP contribution in [-0.4, -0.2) is 30.3 Å². The molecule has 0 spiro atoms. The predicted octanol–water partition coefficient (Wildman–Crippen LogP) is 3.47. The van der Waals surface area contributed by atoms with Gasteiger partial charge in [0, 0.05) is 13.6 Å². The zero-order valence-corrected chi connectivity index (χ0v) is 14.7. The highest BCUT2D eigenvalue weighted by atomic mass is 35.5. The highest BCUT2D eigenvalue weighted by molar-refractivity contribution is 6.32. The molecular formula is C18H16ClN3O4. The molecule has 134 valence electrons. The third-order valence-corrected chi connectivity index (χ3v) is 3.89. The molecule has 2 aromatic heterocycles. The first-order valence-electron chi connectivity index (χ1n) is 7.81. The summed E-state index contributed by atoms with van der Waals surface area (Å²) in [7, 11) is 1.70. The summed E-state index contributed by atoms with van der Waals surface area (Å²) in [5, 5.41) is 18.8. The lowest BCUT2D eigenvalue weighted by Crippen LogP contribution is -2.21. The molecule has 0 saturated heterocycles. The Morgan fingerprint density at radius 2 is 2.08 bits per heavy atom. The number of ether oxygens (including phenoxy) is 1. The molecule has 7 nitrogen and oxygen atoms in total. The van der Waals surface area contributed by atoms with Crippen LogP contribution >= 0.6 is 11.6 Å². The minimum atomic E-state index is -0.0678. The summed E-state index contributed by atoms with van der Waals surface area (Å²) < 4.78 is 16.9. The fraction of sp³-hybridized carbons (Fsp3) is 0.222. The van der Waals surface area contributed by atoms with Crippen LogP contribution in [0.1, 0.15) is 11.5 Å². The van der Waals surface area contributed by atoms with Crippen molar-refractivity contribution < 1.29 is 18.7 Å². The smallest absolute Gasteiger partial charge is 0.266 e. The quantitative estimate of drug-likeness (QED) is 0.677. The van der Waals surface area contributed by atoms with Crippen molar-refractivity contribution in [3.8, 4) is 23.5 Å². The third kappa shape index (κ3) is 3.82. The second kappa shape index (κ2) is 7.95. The number of benzene rings is 1. The fourth-order valence-corrected chi connectivity index (χ4v) is 2.47. The summed E-state index contributed by atoms with van der Waals surface area (Å²) in [5.41, 5.74) is 0.126. The minimum absolute atomic E-state index is 0.0678. The molecule has 26 heavy (non-hydrogen) atoms. The van der Waals surface area contributed by atoms with E-state index in [4.69, 9.17) is 30.3 Å². The van der Waals surface area contributed by atoms with E-state index in [2.05, 4.69) is 4.98 Å². The van der Waals surface area contributed by atoms with Gasteiger partial charge in [-0.2, -0.15) is 10.2 Å². The topological polar surface area (TPSA) is 95.7 Å². The van der Waals surface area contributed by atoms with Gasteiger partial charge in [0.2, 0.25) is 11.6 Å². The van der Waals surface area contributed by atoms with Gasteiger partial charge in [-0.25, -0.2) is 0 Å². The summed E-state index contributed by atoms with van der Waals surface area (Å²) >= 11 is 6.05. The van der Waals surface area contributed by atoms with Crippen LogP contribution in [0.25, 0.3) is 11.7 Å². The summed E-state index contributed by atoms with van der Waals surface area (Å²) in [6.45, 7) is 0.437. The normalized spacial score (nSPS) is 10.5. The van der Waals surface area contributed by atoms with Gasteiger partial charge in [-0.15, -0.1) is 0 Å². The summed E-state index contributed by atoms with van der Waals surface area (Å²) in [6.07, 6.45) is 0. The van der Waals surface area contributed by atoms with E-state index in [0.29, 0.717) is 28.8 Å². The standard InChI is InChI=1S/C18H16ClN3O4/c1-22(8-9-23)18-14(10-20)21-17(26-18)16-7-6-12(25-16)11-24-15-5-3-2-4-13(15)19/h2-7,23H,8-9,11H2,1H3. The first-order chi connectivity index (χ1) is 12.6. The number of aliphatic hydroxyl groups is 1. The molecule has 1 aromatic carbocycles. The molecule has 0 atom stereocenters.